The minimum absolute atomic E-state index is 0. The summed E-state index contributed by atoms with van der Waals surface area (Å²) in [5, 5.41) is 0. The number of nitrogens with zero attached hydrogens (tertiary/aromatic N) is 6. The molecule has 0 aromatic rings. The highest BCUT2D eigenvalue weighted by Crippen LogP contribution is 2.20. The summed E-state index contributed by atoms with van der Waals surface area (Å²) in [6, 6.07) is 0. The van der Waals surface area contributed by atoms with Crippen molar-refractivity contribution in [3.8, 4) is 0 Å². The van der Waals surface area contributed by atoms with Crippen LogP contribution in [0.4, 0.5) is 0 Å². The van der Waals surface area contributed by atoms with Crippen LogP contribution in [0.25, 0.3) is 0 Å². The molecule has 6 atom stereocenters. The topological polar surface area (TPSA) is 75.2 Å². The highest BCUT2D eigenvalue weighted by atomic mass is 35.5. The van der Waals surface area contributed by atoms with Gasteiger partial charge in [0.25, 0.3) is 0 Å². The third-order valence-corrected chi connectivity index (χ3v) is 11.7. The largest absolute Gasteiger partial charge is 1.00 e. The Bertz CT molecular complexity index is 1010. The van der Waals surface area contributed by atoms with Crippen LogP contribution in [0.15, 0.2) is 0 Å². The Morgan fingerprint density at radius 2 is 0.407 bits per heavy atom. The quantitative estimate of drug-likeness (QED) is 0.0488. The molecule has 0 N–H and O–H groups in total. The molecule has 0 spiro atoms. The number of quaternary nitrogens is 6. The second kappa shape index (κ2) is 28.3. The Labute approximate surface area is 399 Å². The van der Waals surface area contributed by atoms with Gasteiger partial charge in [-0.05, 0) is 25.7 Å². The van der Waals surface area contributed by atoms with Gasteiger partial charge in [0, 0.05) is 6.42 Å². The van der Waals surface area contributed by atoms with Crippen molar-refractivity contribution in [1.29, 1.82) is 0 Å². The van der Waals surface area contributed by atoms with Crippen LogP contribution in [0.1, 0.15) is 32.1 Å². The molecule has 6 aliphatic rings. The molecule has 0 aromatic heterocycles. The highest BCUT2D eigenvalue weighted by molar-refractivity contribution is 4.71. The van der Waals surface area contributed by atoms with Crippen molar-refractivity contribution in [3.05, 3.63) is 0 Å². The highest BCUT2D eigenvalue weighted by Gasteiger charge is 2.37. The maximum Gasteiger partial charge on any atom is 0.130 e. The molecule has 0 aromatic carbocycles. The third-order valence-electron chi connectivity index (χ3n) is 11.7. The van der Waals surface area contributed by atoms with Crippen LogP contribution in [0.3, 0.4) is 0 Å². The maximum atomic E-state index is 5.34. The SMILES string of the molecule is C[N+](C)(CCCCCC[N+](C)(C)CC1CO1)CC1CO1.C[N+](C)(CCC[N+](C)(C)CC1CO1)CC1CO1.C[N+](C)(CC[N+](C)(C)CC1CO1)CC1CO1.[Cl-].[Cl-].[Cl-].[Cl-].[Cl-].[Cl-]. The zero-order valence-electron chi connectivity index (χ0n) is 39.1. The minimum atomic E-state index is 0. The van der Waals surface area contributed by atoms with Crippen LogP contribution in [-0.4, -0.2) is 266 Å². The van der Waals surface area contributed by atoms with E-state index in [1.807, 2.05) is 0 Å². The van der Waals surface area contributed by atoms with E-state index in [0.29, 0.717) is 36.6 Å². The van der Waals surface area contributed by atoms with Crippen LogP contribution in [0.5, 0.6) is 0 Å². The average Bonchev–Trinajstić information content (AvgIpc) is 3.78. The molecule has 0 amide bonds. The van der Waals surface area contributed by atoms with Gasteiger partial charge in [0.15, 0.2) is 0 Å². The van der Waals surface area contributed by atoms with Crippen molar-refractivity contribution in [1.82, 2.24) is 0 Å². The summed E-state index contributed by atoms with van der Waals surface area (Å²) >= 11 is 0. The Hall–Kier alpha value is 1.26. The lowest BCUT2D eigenvalue weighted by Crippen LogP contribution is -3.00. The molecule has 6 rings (SSSR count). The van der Waals surface area contributed by atoms with E-state index >= 15 is 0 Å². The number of unbranched alkanes of at least 4 members (excludes halogenated alkanes) is 3. The van der Waals surface area contributed by atoms with E-state index in [4.69, 9.17) is 28.4 Å². The van der Waals surface area contributed by atoms with Gasteiger partial charge in [-0.1, -0.05) is 0 Å². The monoisotopic (exact) mass is 970 g/mol. The van der Waals surface area contributed by atoms with Crippen molar-refractivity contribution in [3.63, 3.8) is 0 Å². The minimum Gasteiger partial charge on any atom is -1.00 e. The van der Waals surface area contributed by atoms with Crippen LogP contribution in [0.2, 0.25) is 0 Å². The summed E-state index contributed by atoms with van der Waals surface area (Å²) in [6.07, 6.45) is 9.92. The molecule has 6 saturated heterocycles. The fourth-order valence-electron chi connectivity index (χ4n) is 7.80. The predicted molar refractivity (Wildman–Crippen MR) is 213 cm³/mol. The number of hydrogen-bond donors (Lipinski definition) is 0. The number of likely N-dealkylation sites (N-methyl/N-ethyl adjacent to an activating group) is 6. The van der Waals surface area contributed by atoms with Gasteiger partial charge in [-0.25, -0.2) is 0 Å². The van der Waals surface area contributed by atoms with E-state index in [1.165, 1.54) is 97.6 Å². The average molecular weight is 974 g/mol. The second-order valence-electron chi connectivity index (χ2n) is 21.6. The smallest absolute Gasteiger partial charge is 0.130 e. The first kappa shape index (κ1) is 64.5. The second-order valence-corrected chi connectivity index (χ2v) is 21.6. The zero-order valence-corrected chi connectivity index (χ0v) is 43.7. The van der Waals surface area contributed by atoms with Gasteiger partial charge in [0.05, 0.1) is 150 Å². The van der Waals surface area contributed by atoms with Gasteiger partial charge in [0.2, 0.25) is 0 Å². The summed E-state index contributed by atoms with van der Waals surface area (Å²) in [4.78, 5) is 0. The molecule has 0 bridgehead atoms. The van der Waals surface area contributed by atoms with Gasteiger partial charge >= 0.3 is 0 Å². The van der Waals surface area contributed by atoms with Gasteiger partial charge in [-0.2, -0.15) is 0 Å². The van der Waals surface area contributed by atoms with Crippen molar-refractivity contribution in [2.24, 2.45) is 0 Å². The molecule has 18 heteroatoms. The molecule has 59 heavy (non-hydrogen) atoms. The number of halogens is 6. The Morgan fingerprint density at radius 3 is 0.576 bits per heavy atom. The van der Waals surface area contributed by atoms with E-state index in [1.54, 1.807) is 0 Å². The molecule has 6 heterocycles. The summed E-state index contributed by atoms with van der Waals surface area (Å²) in [5.74, 6) is 0. The lowest BCUT2D eigenvalue weighted by atomic mass is 10.1. The lowest BCUT2D eigenvalue weighted by molar-refractivity contribution is -0.946. The Balaban J connectivity index is -0.000000763. The van der Waals surface area contributed by atoms with Gasteiger partial charge in [0.1, 0.15) is 89.0 Å². The van der Waals surface area contributed by atoms with Crippen molar-refractivity contribution in [2.75, 3.05) is 203 Å². The van der Waals surface area contributed by atoms with E-state index in [9.17, 15) is 0 Å². The number of hydrogen-bond acceptors (Lipinski definition) is 6. The molecule has 0 aliphatic carbocycles. The van der Waals surface area contributed by atoms with Crippen LogP contribution < -0.4 is 74.4 Å². The zero-order chi connectivity index (χ0) is 39.0. The molecule has 6 fully saturated rings. The molecule has 12 nitrogen and oxygen atoms in total. The molecule has 6 unspecified atom stereocenters. The van der Waals surface area contributed by atoms with Crippen LogP contribution >= 0.6 is 0 Å². The van der Waals surface area contributed by atoms with Gasteiger partial charge in [-0.15, -0.1) is 0 Å². The van der Waals surface area contributed by atoms with E-state index in [-0.39, 0.29) is 74.4 Å². The first-order chi connectivity index (χ1) is 24.6. The van der Waals surface area contributed by atoms with Crippen molar-refractivity contribution < 1.29 is 130 Å². The summed E-state index contributed by atoms with van der Waals surface area (Å²) in [5.41, 5.74) is 0. The molecule has 360 valence electrons. The summed E-state index contributed by atoms with van der Waals surface area (Å²) < 4.78 is 38.5. The van der Waals surface area contributed by atoms with Crippen LogP contribution in [0, 0.1) is 0 Å². The number of epoxide rings is 6. The van der Waals surface area contributed by atoms with Gasteiger partial charge < -0.3 is 130 Å². The molecular weight excluding hydrogens is 885 g/mol. The van der Waals surface area contributed by atoms with Crippen LogP contribution in [-0.2, 0) is 28.4 Å². The first-order valence-corrected chi connectivity index (χ1v) is 21.2. The van der Waals surface area contributed by atoms with Gasteiger partial charge in [-0.3, -0.25) is 0 Å². The fraction of sp³-hybridized carbons (Fsp3) is 1.00. The molecule has 0 radical (unpaired) electrons. The summed E-state index contributed by atoms with van der Waals surface area (Å²) in [6.45, 7) is 20.3. The number of rotatable bonds is 26. The van der Waals surface area contributed by atoms with Crippen molar-refractivity contribution >= 4 is 0 Å². The summed E-state index contributed by atoms with van der Waals surface area (Å²) in [7, 11) is 27.8. The van der Waals surface area contributed by atoms with E-state index in [0.717, 1.165) is 79.6 Å². The predicted octanol–water partition coefficient (Wildman–Crippen LogP) is -16.2. The lowest BCUT2D eigenvalue weighted by Gasteiger charge is -2.35. The normalized spacial score (nSPS) is 24.8. The fourth-order valence-corrected chi connectivity index (χ4v) is 7.80. The molecular formula is C41H88Cl6N6O6. The molecule has 6 aliphatic heterocycles. The Kier molecular flexibility index (Phi) is 31.0. The van der Waals surface area contributed by atoms with E-state index in [2.05, 4.69) is 84.6 Å². The third kappa shape index (κ3) is 34.3. The Morgan fingerprint density at radius 1 is 0.254 bits per heavy atom. The van der Waals surface area contributed by atoms with E-state index < -0.39 is 0 Å². The number of ether oxygens (including phenoxy) is 6. The molecule has 0 saturated carbocycles. The maximum absolute atomic E-state index is 5.34. The van der Waals surface area contributed by atoms with Crippen molar-refractivity contribution in [2.45, 2.75) is 68.7 Å². The standard InChI is InChI=1S/C16H34N2O2.C13H28N2O2.C12H26N2O2.6ClH/c1-17(2,11-15-13-19-15)9-7-5-6-8-10-18(3,4)12-16-14-20-16;1-14(2,8-12-10-16-12)6-5-7-15(3,4)9-13-11-17-13;1-13(2,7-11-9-15-11)5-6-14(3,4)8-12-10-16-12;;;;;;/h15-16H,5-14H2,1-4H3;12-13H,5-11H2,1-4H3;11-12H,5-10H2,1-4H3;6*1H/q3*+2;;;;;;/p-6. The first-order valence-electron chi connectivity index (χ1n) is 21.2.